The lowest BCUT2D eigenvalue weighted by Gasteiger charge is -2.09. The minimum atomic E-state index is -4.63. The molecule has 9 heteroatoms. The third-order valence-corrected chi connectivity index (χ3v) is 2.92. The van der Waals surface area contributed by atoms with Crippen molar-refractivity contribution >= 4 is 11.6 Å². The van der Waals surface area contributed by atoms with Crippen molar-refractivity contribution in [3.8, 4) is 0 Å². The van der Waals surface area contributed by atoms with Crippen molar-refractivity contribution in [2.24, 2.45) is 0 Å². The quantitative estimate of drug-likeness (QED) is 0.852. The lowest BCUT2D eigenvalue weighted by molar-refractivity contribution is -0.141. The molecule has 2 aromatic heterocycles. The summed E-state index contributed by atoms with van der Waals surface area (Å²) in [6.45, 7) is 1.55. The van der Waals surface area contributed by atoms with Crippen LogP contribution in [0, 0.1) is 0 Å². The molecule has 0 aliphatic heterocycles. The van der Waals surface area contributed by atoms with Gasteiger partial charge in [-0.15, -0.1) is 0 Å². The number of rotatable bonds is 5. The van der Waals surface area contributed by atoms with E-state index in [1.807, 2.05) is 0 Å². The minimum absolute atomic E-state index is 0.0789. The van der Waals surface area contributed by atoms with Crippen LogP contribution in [0.1, 0.15) is 35.1 Å². The number of carbonyl (C=O) groups excluding carboxylic acids is 1. The first-order valence-electron chi connectivity index (χ1n) is 6.61. The van der Waals surface area contributed by atoms with Gasteiger partial charge in [0.25, 0.3) is 0 Å². The van der Waals surface area contributed by atoms with Crippen molar-refractivity contribution in [1.29, 1.82) is 0 Å². The van der Waals surface area contributed by atoms with Gasteiger partial charge in [-0.25, -0.2) is 14.3 Å². The maximum atomic E-state index is 12.8. The Labute approximate surface area is 123 Å². The lowest BCUT2D eigenvalue weighted by atomic mass is 10.1. The summed E-state index contributed by atoms with van der Waals surface area (Å²) in [4.78, 5) is 15.9. The number of ether oxygens (including phenoxy) is 1. The maximum absolute atomic E-state index is 12.8. The number of hydrogen-bond acceptors (Lipinski definition) is 5. The number of aromatic nitrogens is 3. The van der Waals surface area contributed by atoms with Gasteiger partial charge in [0.1, 0.15) is 0 Å². The largest absolute Gasteiger partial charge is 0.461 e. The highest BCUT2D eigenvalue weighted by molar-refractivity contribution is 5.89. The van der Waals surface area contributed by atoms with E-state index in [1.165, 1.54) is 6.20 Å². The summed E-state index contributed by atoms with van der Waals surface area (Å²) in [5.41, 5.74) is -0.958. The number of aryl methyl sites for hydroxylation is 1. The molecule has 0 atom stereocenters. The van der Waals surface area contributed by atoms with Crippen molar-refractivity contribution in [2.45, 2.75) is 25.9 Å². The van der Waals surface area contributed by atoms with E-state index in [0.29, 0.717) is 12.0 Å². The summed E-state index contributed by atoms with van der Waals surface area (Å²) >= 11 is 0. The highest BCUT2D eigenvalue weighted by atomic mass is 19.4. The Kier molecular flexibility index (Phi) is 4.65. The number of alkyl halides is 3. The summed E-state index contributed by atoms with van der Waals surface area (Å²) in [6.07, 6.45) is -2.72. The maximum Gasteiger partial charge on any atom is 0.435 e. The SMILES string of the molecule is CCOC(=O)c1c(CCCO)cnc2cc(C(F)(F)F)nn12. The Morgan fingerprint density at radius 2 is 2.18 bits per heavy atom. The van der Waals surface area contributed by atoms with Crippen molar-refractivity contribution in [3.05, 3.63) is 29.2 Å². The smallest absolute Gasteiger partial charge is 0.435 e. The van der Waals surface area contributed by atoms with Crippen LogP contribution in [0.15, 0.2) is 12.3 Å². The van der Waals surface area contributed by atoms with Gasteiger partial charge in [-0.3, -0.25) is 0 Å². The molecule has 0 aliphatic carbocycles. The number of fused-ring (bicyclic) bond motifs is 1. The summed E-state index contributed by atoms with van der Waals surface area (Å²) in [5, 5.41) is 12.3. The number of halogens is 3. The van der Waals surface area contributed by atoms with E-state index in [9.17, 15) is 18.0 Å². The topological polar surface area (TPSA) is 76.7 Å². The minimum Gasteiger partial charge on any atom is -0.461 e. The van der Waals surface area contributed by atoms with Gasteiger partial charge in [0.2, 0.25) is 0 Å². The molecule has 2 rings (SSSR count). The zero-order valence-corrected chi connectivity index (χ0v) is 11.7. The molecule has 0 saturated carbocycles. The van der Waals surface area contributed by atoms with Gasteiger partial charge in [0.05, 0.1) is 6.61 Å². The fourth-order valence-corrected chi connectivity index (χ4v) is 1.98. The third kappa shape index (κ3) is 3.19. The number of esters is 1. The van der Waals surface area contributed by atoms with Crippen LogP contribution < -0.4 is 0 Å². The standard InChI is InChI=1S/C13H14F3N3O3/c1-2-22-12(21)11-8(4-3-5-20)7-17-10-6-9(13(14,15)16)18-19(10)11/h6-7,20H,2-5H2,1H3. The molecule has 0 amide bonds. The van der Waals surface area contributed by atoms with E-state index in [0.717, 1.165) is 10.6 Å². The monoisotopic (exact) mass is 317 g/mol. The molecule has 0 saturated heterocycles. The van der Waals surface area contributed by atoms with Gasteiger partial charge in [0.15, 0.2) is 17.0 Å². The number of nitrogens with zero attached hydrogens (tertiary/aromatic N) is 3. The van der Waals surface area contributed by atoms with Gasteiger partial charge in [-0.1, -0.05) is 0 Å². The zero-order chi connectivity index (χ0) is 16.3. The van der Waals surface area contributed by atoms with Crippen LogP contribution in [0.2, 0.25) is 0 Å². The van der Waals surface area contributed by atoms with Gasteiger partial charge in [0, 0.05) is 24.4 Å². The van der Waals surface area contributed by atoms with Gasteiger partial charge >= 0.3 is 12.1 Å². The van der Waals surface area contributed by atoms with Crippen LogP contribution in [0.4, 0.5) is 13.2 Å². The average Bonchev–Trinajstić information content (AvgIpc) is 2.88. The van der Waals surface area contributed by atoms with Crippen LogP contribution in [-0.2, 0) is 17.3 Å². The van der Waals surface area contributed by atoms with E-state index >= 15 is 0 Å². The predicted octanol–water partition coefficient (Wildman–Crippen LogP) is 1.85. The van der Waals surface area contributed by atoms with E-state index in [4.69, 9.17) is 9.84 Å². The van der Waals surface area contributed by atoms with Crippen LogP contribution >= 0.6 is 0 Å². The molecule has 2 aromatic rings. The Morgan fingerprint density at radius 1 is 1.45 bits per heavy atom. The molecular formula is C13H14F3N3O3. The molecule has 0 radical (unpaired) electrons. The molecule has 1 N–H and O–H groups in total. The molecule has 0 spiro atoms. The molecule has 2 heterocycles. The van der Waals surface area contributed by atoms with Crippen molar-refractivity contribution in [2.75, 3.05) is 13.2 Å². The van der Waals surface area contributed by atoms with E-state index < -0.39 is 17.8 Å². The van der Waals surface area contributed by atoms with Gasteiger partial charge in [-0.2, -0.15) is 18.3 Å². The van der Waals surface area contributed by atoms with Crippen molar-refractivity contribution in [1.82, 2.24) is 14.6 Å². The van der Waals surface area contributed by atoms with E-state index in [-0.39, 0.29) is 31.0 Å². The second-order valence-electron chi connectivity index (χ2n) is 4.48. The Balaban J connectivity index is 2.60. The molecule has 120 valence electrons. The molecule has 0 bridgehead atoms. The zero-order valence-electron chi connectivity index (χ0n) is 11.7. The Bertz CT molecular complexity index is 682. The van der Waals surface area contributed by atoms with Crippen LogP contribution in [-0.4, -0.2) is 38.9 Å². The first kappa shape index (κ1) is 16.2. The van der Waals surface area contributed by atoms with Gasteiger partial charge < -0.3 is 9.84 Å². The molecule has 0 unspecified atom stereocenters. The molecular weight excluding hydrogens is 303 g/mol. The second kappa shape index (κ2) is 6.30. The molecule has 0 aliphatic rings. The van der Waals surface area contributed by atoms with Crippen molar-refractivity contribution in [3.63, 3.8) is 0 Å². The summed E-state index contributed by atoms with van der Waals surface area (Å²) in [5.74, 6) is -0.778. The normalized spacial score (nSPS) is 11.9. The Morgan fingerprint density at radius 3 is 2.77 bits per heavy atom. The number of aliphatic hydroxyl groups is 1. The molecule has 6 nitrogen and oxygen atoms in total. The van der Waals surface area contributed by atoms with Gasteiger partial charge in [-0.05, 0) is 19.8 Å². The second-order valence-corrected chi connectivity index (χ2v) is 4.48. The Hall–Kier alpha value is -2.16. The molecule has 0 fully saturated rings. The summed E-state index contributed by atoms with van der Waals surface area (Å²) in [6, 6.07) is 0.762. The van der Waals surface area contributed by atoms with E-state index in [1.54, 1.807) is 6.92 Å². The average molecular weight is 317 g/mol. The fraction of sp³-hybridized carbons (Fsp3) is 0.462. The summed E-state index contributed by atoms with van der Waals surface area (Å²) in [7, 11) is 0. The van der Waals surface area contributed by atoms with Crippen LogP contribution in [0.5, 0.6) is 0 Å². The van der Waals surface area contributed by atoms with Crippen LogP contribution in [0.3, 0.4) is 0 Å². The van der Waals surface area contributed by atoms with Crippen LogP contribution in [0.25, 0.3) is 5.65 Å². The molecule has 0 aromatic carbocycles. The number of aliphatic hydroxyl groups excluding tert-OH is 1. The highest BCUT2D eigenvalue weighted by Crippen LogP contribution is 2.29. The first-order valence-corrected chi connectivity index (χ1v) is 6.61. The molecule has 22 heavy (non-hydrogen) atoms. The van der Waals surface area contributed by atoms with Crippen molar-refractivity contribution < 1.29 is 27.8 Å². The lowest BCUT2D eigenvalue weighted by Crippen LogP contribution is -2.16. The fourth-order valence-electron chi connectivity index (χ4n) is 1.98. The number of carbonyl (C=O) groups is 1. The third-order valence-electron chi connectivity index (χ3n) is 2.92. The number of hydrogen-bond donors (Lipinski definition) is 1. The van der Waals surface area contributed by atoms with E-state index in [2.05, 4.69) is 10.1 Å². The predicted molar refractivity (Wildman–Crippen MR) is 69.4 cm³/mol. The first-order chi connectivity index (χ1) is 10.4. The summed E-state index contributed by atoms with van der Waals surface area (Å²) < 4.78 is 44.0. The highest BCUT2D eigenvalue weighted by Gasteiger charge is 2.35.